The minimum Gasteiger partial charge on any atom is -0.486 e. The first-order chi connectivity index (χ1) is 13.5. The number of nitrogens with one attached hydrogen (secondary N) is 1. The van der Waals surface area contributed by atoms with Crippen LogP contribution in [0.1, 0.15) is 25.7 Å². The Morgan fingerprint density at radius 3 is 2.43 bits per heavy atom. The molecule has 1 aromatic heterocycles. The monoisotopic (exact) mass is 409 g/mol. The highest BCUT2D eigenvalue weighted by Crippen LogP contribution is 2.32. The van der Waals surface area contributed by atoms with E-state index in [1.165, 1.54) is 12.1 Å². The van der Waals surface area contributed by atoms with E-state index in [1.54, 1.807) is 6.07 Å². The average molecular weight is 409 g/mol. The van der Waals surface area contributed by atoms with Gasteiger partial charge in [0.05, 0.1) is 17.3 Å². The third-order valence-corrected chi connectivity index (χ3v) is 6.21. The Bertz CT molecular complexity index is 931. The van der Waals surface area contributed by atoms with Crippen molar-refractivity contribution in [1.82, 2.24) is 14.7 Å². The van der Waals surface area contributed by atoms with Gasteiger partial charge in [-0.25, -0.2) is 27.5 Å². The number of hydrogen-bond donors (Lipinski definition) is 1. The van der Waals surface area contributed by atoms with Crippen LogP contribution in [-0.4, -0.2) is 43.7 Å². The molecule has 0 spiro atoms. The fourth-order valence-electron chi connectivity index (χ4n) is 3.29. The molecule has 1 saturated carbocycles. The van der Waals surface area contributed by atoms with Crippen LogP contribution in [0.3, 0.4) is 0 Å². The van der Waals surface area contributed by atoms with Crippen molar-refractivity contribution < 1.29 is 27.0 Å². The Kier molecular flexibility index (Phi) is 5.31. The second-order valence-corrected chi connectivity index (χ2v) is 8.42. The first-order valence-corrected chi connectivity index (χ1v) is 10.5. The summed E-state index contributed by atoms with van der Waals surface area (Å²) in [7, 11) is -3.67. The molecule has 0 unspecified atom stereocenters. The van der Waals surface area contributed by atoms with E-state index in [0.717, 1.165) is 12.4 Å². The highest BCUT2D eigenvalue weighted by Gasteiger charge is 2.28. The van der Waals surface area contributed by atoms with Crippen LogP contribution in [0.4, 0.5) is 4.39 Å². The Morgan fingerprint density at radius 2 is 1.71 bits per heavy atom. The van der Waals surface area contributed by atoms with Crippen LogP contribution in [0, 0.1) is 5.82 Å². The van der Waals surface area contributed by atoms with Crippen molar-refractivity contribution in [3.05, 3.63) is 36.4 Å². The van der Waals surface area contributed by atoms with Crippen LogP contribution in [-0.2, 0) is 10.0 Å². The van der Waals surface area contributed by atoms with Gasteiger partial charge in [-0.2, -0.15) is 0 Å². The van der Waals surface area contributed by atoms with Crippen LogP contribution < -0.4 is 18.9 Å². The van der Waals surface area contributed by atoms with Gasteiger partial charge < -0.3 is 14.2 Å². The van der Waals surface area contributed by atoms with Crippen LogP contribution in [0.5, 0.6) is 17.5 Å². The Balaban J connectivity index is 1.34. The second-order valence-electron chi connectivity index (χ2n) is 6.70. The molecule has 2 aromatic rings. The van der Waals surface area contributed by atoms with Crippen molar-refractivity contribution in [3.63, 3.8) is 0 Å². The summed E-state index contributed by atoms with van der Waals surface area (Å²) in [6, 6.07) is 4.54. The first kappa shape index (κ1) is 18.9. The molecule has 0 radical (unpaired) electrons. The number of hydrogen-bond acceptors (Lipinski definition) is 7. The molecule has 2 aliphatic rings. The quantitative estimate of drug-likeness (QED) is 0.807. The fourth-order valence-corrected chi connectivity index (χ4v) is 4.61. The van der Waals surface area contributed by atoms with Gasteiger partial charge in [-0.3, -0.25) is 0 Å². The highest BCUT2D eigenvalue weighted by molar-refractivity contribution is 7.89. The Morgan fingerprint density at radius 1 is 1.04 bits per heavy atom. The van der Waals surface area contributed by atoms with E-state index in [9.17, 15) is 12.8 Å². The maximum atomic E-state index is 12.8. The van der Waals surface area contributed by atoms with Crippen molar-refractivity contribution in [2.75, 3.05) is 13.2 Å². The lowest BCUT2D eigenvalue weighted by Gasteiger charge is -2.28. The van der Waals surface area contributed by atoms with Gasteiger partial charge in [0, 0.05) is 12.1 Å². The zero-order valence-corrected chi connectivity index (χ0v) is 15.8. The summed E-state index contributed by atoms with van der Waals surface area (Å²) in [5.74, 6) is 0.459. The molecular weight excluding hydrogens is 389 g/mol. The number of halogens is 1. The molecule has 28 heavy (non-hydrogen) atoms. The molecule has 10 heteroatoms. The summed E-state index contributed by atoms with van der Waals surface area (Å²) in [5.41, 5.74) is 0. The molecule has 4 rings (SSSR count). The molecular formula is C18H20FN3O5S. The number of aromatic nitrogens is 2. The number of benzene rings is 1. The van der Waals surface area contributed by atoms with Gasteiger partial charge in [0.1, 0.15) is 19.3 Å². The van der Waals surface area contributed by atoms with E-state index in [2.05, 4.69) is 14.7 Å². The summed E-state index contributed by atoms with van der Waals surface area (Å²) >= 11 is 0. The maximum absolute atomic E-state index is 12.8. The van der Waals surface area contributed by atoms with Crippen molar-refractivity contribution in [2.45, 2.75) is 42.7 Å². The average Bonchev–Trinajstić information content (AvgIpc) is 2.70. The minimum atomic E-state index is -3.67. The van der Waals surface area contributed by atoms with Gasteiger partial charge in [0.25, 0.3) is 0 Å². The Hall–Kier alpha value is -2.46. The number of sulfonamides is 1. The van der Waals surface area contributed by atoms with Crippen LogP contribution >= 0.6 is 0 Å². The molecule has 1 aliphatic carbocycles. The molecule has 0 atom stereocenters. The van der Waals surface area contributed by atoms with E-state index in [1.807, 2.05) is 0 Å². The van der Waals surface area contributed by atoms with Gasteiger partial charge in [-0.1, -0.05) is 0 Å². The van der Waals surface area contributed by atoms with Crippen molar-refractivity contribution in [1.29, 1.82) is 0 Å². The molecule has 0 saturated heterocycles. The molecule has 150 valence electrons. The number of rotatable bonds is 5. The van der Waals surface area contributed by atoms with E-state index >= 15 is 0 Å². The summed E-state index contributed by atoms with van der Waals surface area (Å²) < 4.78 is 57.5. The third kappa shape index (κ3) is 4.33. The first-order valence-electron chi connectivity index (χ1n) is 9.06. The van der Waals surface area contributed by atoms with Crippen LogP contribution in [0.25, 0.3) is 0 Å². The molecule has 1 aliphatic heterocycles. The van der Waals surface area contributed by atoms with Gasteiger partial charge >= 0.3 is 6.01 Å². The topological polar surface area (TPSA) is 99.6 Å². The van der Waals surface area contributed by atoms with E-state index in [-0.39, 0.29) is 23.1 Å². The van der Waals surface area contributed by atoms with Crippen molar-refractivity contribution in [2.24, 2.45) is 0 Å². The van der Waals surface area contributed by atoms with Crippen molar-refractivity contribution >= 4 is 10.0 Å². The maximum Gasteiger partial charge on any atom is 0.316 e. The summed E-state index contributed by atoms with van der Waals surface area (Å²) in [6.45, 7) is 0.845. The normalized spacial score (nSPS) is 21.9. The number of nitrogens with zero attached hydrogens (tertiary/aromatic N) is 2. The number of ether oxygens (including phenoxy) is 3. The second kappa shape index (κ2) is 7.88. The molecule has 0 bridgehead atoms. The Labute approximate surface area is 162 Å². The third-order valence-electron chi connectivity index (χ3n) is 4.69. The van der Waals surface area contributed by atoms with E-state index in [0.29, 0.717) is 50.4 Å². The van der Waals surface area contributed by atoms with Crippen molar-refractivity contribution in [3.8, 4) is 17.5 Å². The molecule has 2 heterocycles. The standard InChI is InChI=1S/C18H20FN3O5S/c19-12-10-20-18(21-11-12)27-14-3-1-13(2-4-14)22-28(23,24)15-5-6-16-17(9-15)26-8-7-25-16/h5-6,9-11,13-14,22H,1-4,7-8H2. The summed E-state index contributed by atoms with van der Waals surface area (Å²) in [5, 5.41) is 0. The van der Waals surface area contributed by atoms with Gasteiger partial charge in [-0.15, -0.1) is 0 Å². The molecule has 8 nitrogen and oxygen atoms in total. The smallest absolute Gasteiger partial charge is 0.316 e. The SMILES string of the molecule is O=S(=O)(NC1CCC(Oc2ncc(F)cn2)CC1)c1ccc2c(c1)OCCO2. The fraction of sp³-hybridized carbons (Fsp3) is 0.444. The summed E-state index contributed by atoms with van der Waals surface area (Å²) in [6.07, 6.45) is 4.51. The lowest BCUT2D eigenvalue weighted by Crippen LogP contribution is -2.39. The van der Waals surface area contributed by atoms with Crippen LogP contribution in [0.15, 0.2) is 35.5 Å². The van der Waals surface area contributed by atoms with Gasteiger partial charge in [0.2, 0.25) is 10.0 Å². The highest BCUT2D eigenvalue weighted by atomic mass is 32.2. The molecule has 1 aromatic carbocycles. The largest absolute Gasteiger partial charge is 0.486 e. The van der Waals surface area contributed by atoms with E-state index < -0.39 is 15.8 Å². The lowest BCUT2D eigenvalue weighted by atomic mass is 9.94. The summed E-state index contributed by atoms with van der Waals surface area (Å²) in [4.78, 5) is 7.72. The van der Waals surface area contributed by atoms with Gasteiger partial charge in [-0.05, 0) is 37.8 Å². The van der Waals surface area contributed by atoms with Crippen LogP contribution in [0.2, 0.25) is 0 Å². The zero-order chi connectivity index (χ0) is 19.6. The number of fused-ring (bicyclic) bond motifs is 1. The zero-order valence-electron chi connectivity index (χ0n) is 15.0. The van der Waals surface area contributed by atoms with E-state index in [4.69, 9.17) is 14.2 Å². The van der Waals surface area contributed by atoms with Gasteiger partial charge in [0.15, 0.2) is 17.3 Å². The molecule has 1 fully saturated rings. The molecule has 1 N–H and O–H groups in total. The lowest BCUT2D eigenvalue weighted by molar-refractivity contribution is 0.132. The predicted octanol–water partition coefficient (Wildman–Crippen LogP) is 2.06. The molecule has 0 amide bonds. The predicted molar refractivity (Wildman–Crippen MR) is 96.4 cm³/mol. The minimum absolute atomic E-state index is 0.125.